The van der Waals surface area contributed by atoms with E-state index in [1.807, 2.05) is 12.1 Å². The van der Waals surface area contributed by atoms with Crippen molar-refractivity contribution in [3.05, 3.63) is 54.0 Å². The first-order chi connectivity index (χ1) is 14.5. The Morgan fingerprint density at radius 2 is 1.73 bits per heavy atom. The molecule has 2 fully saturated rings. The van der Waals surface area contributed by atoms with Crippen LogP contribution in [0.1, 0.15) is 44.0 Å². The van der Waals surface area contributed by atoms with Gasteiger partial charge in [0, 0.05) is 24.8 Å². The van der Waals surface area contributed by atoms with Crippen LogP contribution in [0.5, 0.6) is 0 Å². The number of aliphatic hydroxyl groups is 1. The topological polar surface area (TPSA) is 101 Å². The van der Waals surface area contributed by atoms with E-state index in [1.54, 1.807) is 6.20 Å². The third-order valence-corrected chi connectivity index (χ3v) is 6.61. The average molecular weight is 406 g/mol. The molecule has 0 spiro atoms. The molecule has 0 unspecified atom stereocenters. The third-order valence-electron chi connectivity index (χ3n) is 6.61. The van der Waals surface area contributed by atoms with Gasteiger partial charge in [0.25, 0.3) is 0 Å². The van der Waals surface area contributed by atoms with Crippen molar-refractivity contribution in [2.75, 3.05) is 23.7 Å². The molecule has 30 heavy (non-hydrogen) atoms. The van der Waals surface area contributed by atoms with Gasteiger partial charge in [0.1, 0.15) is 5.82 Å². The molecule has 0 bridgehead atoms. The highest BCUT2D eigenvalue weighted by Gasteiger charge is 2.47. The van der Waals surface area contributed by atoms with Crippen LogP contribution in [0, 0.1) is 5.92 Å². The summed E-state index contributed by atoms with van der Waals surface area (Å²) in [5.41, 5.74) is 8.76. The quantitative estimate of drug-likeness (QED) is 0.671. The molecular weight excluding hydrogens is 378 g/mol. The number of hydrogen-bond acceptors (Lipinski definition) is 7. The summed E-state index contributed by atoms with van der Waals surface area (Å²) in [6.07, 6.45) is 5.37. The SMILES string of the molecule is C[C@](c1ccc(-c2ccc(N)nc2)cc1)(c1noc(N2CCC(O)CC2)n1)C1CC1. The number of benzene rings is 1. The summed E-state index contributed by atoms with van der Waals surface area (Å²) in [5, 5.41) is 14.1. The van der Waals surface area contributed by atoms with Crippen molar-refractivity contribution >= 4 is 11.8 Å². The Labute approximate surface area is 175 Å². The van der Waals surface area contributed by atoms with Gasteiger partial charge in [-0.3, -0.25) is 0 Å². The number of nitrogens with zero attached hydrogens (tertiary/aromatic N) is 4. The van der Waals surface area contributed by atoms with Crippen LogP contribution in [0.2, 0.25) is 0 Å². The lowest BCUT2D eigenvalue weighted by Gasteiger charge is -2.28. The van der Waals surface area contributed by atoms with Gasteiger partial charge in [0.2, 0.25) is 0 Å². The first-order valence-electron chi connectivity index (χ1n) is 10.6. The Morgan fingerprint density at radius 3 is 2.37 bits per heavy atom. The first kappa shape index (κ1) is 19.1. The van der Waals surface area contributed by atoms with Crippen molar-refractivity contribution in [3.8, 4) is 11.1 Å². The van der Waals surface area contributed by atoms with E-state index >= 15 is 0 Å². The van der Waals surface area contributed by atoms with Crippen LogP contribution >= 0.6 is 0 Å². The fourth-order valence-electron chi connectivity index (χ4n) is 4.41. The summed E-state index contributed by atoms with van der Waals surface area (Å²) in [6, 6.07) is 12.9. The maximum Gasteiger partial charge on any atom is 0.324 e. The number of piperidine rings is 1. The van der Waals surface area contributed by atoms with Gasteiger partial charge in [-0.15, -0.1) is 0 Å². The molecule has 1 aromatic carbocycles. The van der Waals surface area contributed by atoms with Crippen molar-refractivity contribution in [2.24, 2.45) is 5.92 Å². The maximum atomic E-state index is 9.75. The zero-order valence-electron chi connectivity index (χ0n) is 17.2. The summed E-state index contributed by atoms with van der Waals surface area (Å²) in [6.45, 7) is 3.71. The molecular formula is C23H27N5O2. The van der Waals surface area contributed by atoms with Crippen LogP contribution in [0.25, 0.3) is 11.1 Å². The fraction of sp³-hybridized carbons (Fsp3) is 0.435. The molecule has 1 aliphatic heterocycles. The second kappa shape index (κ2) is 7.40. The van der Waals surface area contributed by atoms with Gasteiger partial charge in [-0.2, -0.15) is 4.98 Å². The van der Waals surface area contributed by atoms with E-state index in [4.69, 9.17) is 15.2 Å². The monoisotopic (exact) mass is 405 g/mol. The number of aromatic nitrogens is 3. The Kier molecular flexibility index (Phi) is 4.70. The van der Waals surface area contributed by atoms with Crippen molar-refractivity contribution in [2.45, 2.75) is 44.1 Å². The molecule has 1 aliphatic carbocycles. The maximum absolute atomic E-state index is 9.75. The normalized spacial score (nSPS) is 19.6. The molecule has 3 aromatic rings. The number of hydrogen-bond donors (Lipinski definition) is 2. The number of aliphatic hydroxyl groups excluding tert-OH is 1. The Balaban J connectivity index is 1.43. The van der Waals surface area contributed by atoms with E-state index in [1.165, 1.54) is 18.4 Å². The van der Waals surface area contributed by atoms with Gasteiger partial charge < -0.3 is 20.3 Å². The van der Waals surface area contributed by atoms with E-state index in [0.29, 0.717) is 17.8 Å². The Bertz CT molecular complexity index is 1000. The first-order valence-corrected chi connectivity index (χ1v) is 10.6. The molecule has 2 aliphatic rings. The highest BCUT2D eigenvalue weighted by molar-refractivity contribution is 5.64. The molecule has 3 heterocycles. The van der Waals surface area contributed by atoms with Gasteiger partial charge in [0.15, 0.2) is 5.82 Å². The van der Waals surface area contributed by atoms with Crippen LogP contribution in [0.15, 0.2) is 47.1 Å². The van der Waals surface area contributed by atoms with Gasteiger partial charge in [-0.25, -0.2) is 4.98 Å². The summed E-state index contributed by atoms with van der Waals surface area (Å²) >= 11 is 0. The van der Waals surface area contributed by atoms with Crippen molar-refractivity contribution in [1.29, 1.82) is 0 Å². The Morgan fingerprint density at radius 1 is 1.03 bits per heavy atom. The second-order valence-corrected chi connectivity index (χ2v) is 8.64. The van der Waals surface area contributed by atoms with Gasteiger partial charge in [0.05, 0.1) is 11.5 Å². The van der Waals surface area contributed by atoms with E-state index in [9.17, 15) is 5.11 Å². The number of rotatable bonds is 5. The zero-order valence-corrected chi connectivity index (χ0v) is 17.2. The predicted octanol–water partition coefficient (Wildman–Crippen LogP) is 3.39. The smallest absolute Gasteiger partial charge is 0.324 e. The second-order valence-electron chi connectivity index (χ2n) is 8.64. The molecule has 1 atom stereocenters. The van der Waals surface area contributed by atoms with Crippen LogP contribution in [0.3, 0.4) is 0 Å². The summed E-state index contributed by atoms with van der Waals surface area (Å²) < 4.78 is 5.65. The lowest BCUT2D eigenvalue weighted by molar-refractivity contribution is 0.143. The van der Waals surface area contributed by atoms with Gasteiger partial charge >= 0.3 is 6.01 Å². The van der Waals surface area contributed by atoms with E-state index in [-0.39, 0.29) is 11.5 Å². The van der Waals surface area contributed by atoms with Crippen molar-refractivity contribution in [3.63, 3.8) is 0 Å². The lowest BCUT2D eigenvalue weighted by Crippen LogP contribution is -2.36. The fourth-order valence-corrected chi connectivity index (χ4v) is 4.41. The average Bonchev–Trinajstić information content (AvgIpc) is 3.52. The van der Waals surface area contributed by atoms with Crippen molar-refractivity contribution < 1.29 is 9.63 Å². The van der Waals surface area contributed by atoms with Crippen LogP contribution < -0.4 is 10.6 Å². The standard InChI is InChI=1S/C23H27N5O2/c1-23(18-7-8-18,21-26-22(30-27-21)28-12-10-19(29)11-13-28)17-5-2-15(3-6-17)16-4-9-20(24)25-14-16/h2-6,9,14,18-19,29H,7-8,10-13H2,1H3,(H2,24,25)/t23-/m1/s1. The Hall–Kier alpha value is -2.93. The molecule has 1 saturated carbocycles. The molecule has 156 valence electrons. The molecule has 3 N–H and O–H groups in total. The number of pyridine rings is 1. The number of nitrogens with two attached hydrogens (primary N) is 1. The third kappa shape index (κ3) is 3.43. The molecule has 2 aromatic heterocycles. The summed E-state index contributed by atoms with van der Waals surface area (Å²) in [4.78, 5) is 11.1. The molecule has 5 rings (SSSR count). The summed E-state index contributed by atoms with van der Waals surface area (Å²) in [7, 11) is 0. The minimum atomic E-state index is -0.283. The predicted molar refractivity (Wildman–Crippen MR) is 115 cm³/mol. The van der Waals surface area contributed by atoms with Crippen molar-refractivity contribution in [1.82, 2.24) is 15.1 Å². The molecule has 7 heteroatoms. The lowest BCUT2D eigenvalue weighted by atomic mass is 9.77. The summed E-state index contributed by atoms with van der Waals surface area (Å²) in [5.74, 6) is 1.77. The van der Waals surface area contributed by atoms with Gasteiger partial charge in [-0.05, 0) is 61.8 Å². The van der Waals surface area contributed by atoms with Crippen LogP contribution in [-0.2, 0) is 5.41 Å². The zero-order chi connectivity index (χ0) is 20.7. The molecule has 0 radical (unpaired) electrons. The number of anilines is 2. The largest absolute Gasteiger partial charge is 0.393 e. The van der Waals surface area contributed by atoms with E-state index in [2.05, 4.69) is 46.2 Å². The minimum absolute atomic E-state index is 0.227. The number of nitrogen functional groups attached to an aromatic ring is 1. The van der Waals surface area contributed by atoms with Crippen LogP contribution in [-0.4, -0.2) is 39.4 Å². The highest BCUT2D eigenvalue weighted by Crippen LogP contribution is 2.50. The molecule has 1 saturated heterocycles. The minimum Gasteiger partial charge on any atom is -0.393 e. The van der Waals surface area contributed by atoms with Gasteiger partial charge in [-0.1, -0.05) is 29.4 Å². The van der Waals surface area contributed by atoms with E-state index < -0.39 is 0 Å². The van der Waals surface area contributed by atoms with Crippen LogP contribution in [0.4, 0.5) is 11.8 Å². The molecule has 0 amide bonds. The highest BCUT2D eigenvalue weighted by atomic mass is 16.5. The molecule has 7 nitrogen and oxygen atoms in total. The van der Waals surface area contributed by atoms with E-state index in [0.717, 1.165) is 42.9 Å².